The summed E-state index contributed by atoms with van der Waals surface area (Å²) in [5.74, 6) is 0.543. The molecule has 2 rings (SSSR count). The van der Waals surface area contributed by atoms with Gasteiger partial charge in [-0.15, -0.1) is 0 Å². The Morgan fingerprint density at radius 1 is 1.68 bits per heavy atom. The molecule has 106 valence electrons. The second-order valence-corrected chi connectivity index (χ2v) is 6.36. The molecule has 0 aliphatic heterocycles. The van der Waals surface area contributed by atoms with Crippen LogP contribution in [-0.4, -0.2) is 35.1 Å². The summed E-state index contributed by atoms with van der Waals surface area (Å²) < 4.78 is 28.4. The van der Waals surface area contributed by atoms with Crippen LogP contribution in [0.2, 0.25) is 0 Å². The summed E-state index contributed by atoms with van der Waals surface area (Å²) in [4.78, 5) is 3.97. The molecule has 1 aliphatic rings. The average Bonchev–Trinajstić information content (AvgIpc) is 3.13. The van der Waals surface area contributed by atoms with Gasteiger partial charge in [-0.3, -0.25) is 0 Å². The molecule has 1 aromatic rings. The maximum atomic E-state index is 12.2. The van der Waals surface area contributed by atoms with E-state index in [0.29, 0.717) is 5.82 Å². The van der Waals surface area contributed by atoms with Crippen LogP contribution >= 0.6 is 0 Å². The highest BCUT2D eigenvalue weighted by atomic mass is 32.2. The molecule has 9 heteroatoms. The number of oxime groups is 1. The van der Waals surface area contributed by atoms with Crippen molar-refractivity contribution in [3.05, 3.63) is 12.0 Å². The van der Waals surface area contributed by atoms with E-state index in [2.05, 4.69) is 14.9 Å². The number of amidine groups is 1. The SMILES string of the molecule is Cc1nc(S(=O)(=O)NC(C(N)=NO)C2CC2)cn1C. The maximum absolute atomic E-state index is 12.2. The fourth-order valence-electron chi connectivity index (χ4n) is 1.77. The highest BCUT2D eigenvalue weighted by molar-refractivity contribution is 7.89. The number of imidazole rings is 1. The van der Waals surface area contributed by atoms with Crippen molar-refractivity contribution in [3.8, 4) is 0 Å². The minimum Gasteiger partial charge on any atom is -0.409 e. The maximum Gasteiger partial charge on any atom is 0.260 e. The van der Waals surface area contributed by atoms with Crippen LogP contribution in [0.4, 0.5) is 0 Å². The Labute approximate surface area is 111 Å². The molecule has 0 radical (unpaired) electrons. The molecule has 0 bridgehead atoms. The van der Waals surface area contributed by atoms with Crippen LogP contribution in [-0.2, 0) is 17.1 Å². The number of rotatable bonds is 5. The zero-order valence-corrected chi connectivity index (χ0v) is 11.6. The first kappa shape index (κ1) is 13.8. The minimum atomic E-state index is -3.78. The smallest absolute Gasteiger partial charge is 0.260 e. The van der Waals surface area contributed by atoms with E-state index in [1.54, 1.807) is 18.5 Å². The van der Waals surface area contributed by atoms with Gasteiger partial charge in [0.25, 0.3) is 10.0 Å². The van der Waals surface area contributed by atoms with E-state index in [-0.39, 0.29) is 16.8 Å². The van der Waals surface area contributed by atoms with E-state index >= 15 is 0 Å². The number of nitrogens with two attached hydrogens (primary N) is 1. The predicted molar refractivity (Wildman–Crippen MR) is 68.2 cm³/mol. The van der Waals surface area contributed by atoms with Crippen molar-refractivity contribution in [1.29, 1.82) is 0 Å². The van der Waals surface area contributed by atoms with Crippen LogP contribution in [0.3, 0.4) is 0 Å². The molecule has 1 heterocycles. The van der Waals surface area contributed by atoms with E-state index in [1.807, 2.05) is 0 Å². The molecular weight excluding hydrogens is 270 g/mol. The Morgan fingerprint density at radius 2 is 2.32 bits per heavy atom. The summed E-state index contributed by atoms with van der Waals surface area (Å²) in [6, 6.07) is -0.683. The first-order valence-electron chi connectivity index (χ1n) is 5.85. The van der Waals surface area contributed by atoms with Crippen molar-refractivity contribution in [1.82, 2.24) is 14.3 Å². The highest BCUT2D eigenvalue weighted by Crippen LogP contribution is 2.33. The average molecular weight is 287 g/mol. The molecular formula is C10H17N5O3S. The van der Waals surface area contributed by atoms with Gasteiger partial charge in [0, 0.05) is 13.2 Å². The first-order chi connectivity index (χ1) is 8.85. The molecule has 0 saturated heterocycles. The first-order valence-corrected chi connectivity index (χ1v) is 7.33. The van der Waals surface area contributed by atoms with Gasteiger partial charge in [-0.05, 0) is 25.7 Å². The van der Waals surface area contributed by atoms with Crippen LogP contribution in [0, 0.1) is 12.8 Å². The van der Waals surface area contributed by atoms with Gasteiger partial charge < -0.3 is 15.5 Å². The normalized spacial score (nSPS) is 18.5. The van der Waals surface area contributed by atoms with Crippen LogP contribution in [0.5, 0.6) is 0 Å². The van der Waals surface area contributed by atoms with Gasteiger partial charge in [0.05, 0.1) is 6.04 Å². The minimum absolute atomic E-state index is 0.0658. The quantitative estimate of drug-likeness (QED) is 0.292. The number of sulfonamides is 1. The number of nitrogens with zero attached hydrogens (tertiary/aromatic N) is 3. The number of hydrogen-bond donors (Lipinski definition) is 3. The second kappa shape index (κ2) is 4.82. The molecule has 19 heavy (non-hydrogen) atoms. The molecule has 1 fully saturated rings. The molecule has 0 spiro atoms. The summed E-state index contributed by atoms with van der Waals surface area (Å²) in [5, 5.41) is 11.5. The number of aryl methyl sites for hydroxylation is 2. The Kier molecular flexibility index (Phi) is 3.50. The Morgan fingerprint density at radius 3 is 2.74 bits per heavy atom. The van der Waals surface area contributed by atoms with Gasteiger partial charge in [0.15, 0.2) is 10.9 Å². The standard InChI is InChI=1S/C10H17N5O3S/c1-6-12-8(5-15(6)2)19(17,18)14-9(7-3-4-7)10(11)13-16/h5,7,9,14,16H,3-4H2,1-2H3,(H2,11,13). The topological polar surface area (TPSA) is 123 Å². The lowest BCUT2D eigenvalue weighted by atomic mass is 10.2. The molecule has 0 amide bonds. The van der Waals surface area contributed by atoms with Crippen LogP contribution in [0.25, 0.3) is 0 Å². The molecule has 1 aromatic heterocycles. The number of hydrogen-bond acceptors (Lipinski definition) is 5. The zero-order chi connectivity index (χ0) is 14.2. The van der Waals surface area contributed by atoms with E-state index < -0.39 is 16.1 Å². The molecule has 1 unspecified atom stereocenters. The zero-order valence-electron chi connectivity index (χ0n) is 10.7. The van der Waals surface area contributed by atoms with Gasteiger partial charge in [-0.25, -0.2) is 13.4 Å². The van der Waals surface area contributed by atoms with Gasteiger partial charge in [0.1, 0.15) is 5.82 Å². The van der Waals surface area contributed by atoms with Crippen molar-refractivity contribution in [2.75, 3.05) is 0 Å². The van der Waals surface area contributed by atoms with Crippen molar-refractivity contribution < 1.29 is 13.6 Å². The largest absolute Gasteiger partial charge is 0.409 e. The van der Waals surface area contributed by atoms with Gasteiger partial charge in [0.2, 0.25) is 0 Å². The lowest BCUT2D eigenvalue weighted by Gasteiger charge is -2.15. The number of aromatic nitrogens is 2. The third kappa shape index (κ3) is 2.87. The van der Waals surface area contributed by atoms with Gasteiger partial charge >= 0.3 is 0 Å². The fourth-order valence-corrected chi connectivity index (χ4v) is 3.09. The van der Waals surface area contributed by atoms with Crippen LogP contribution in [0.15, 0.2) is 16.4 Å². The third-order valence-electron chi connectivity index (χ3n) is 3.17. The summed E-state index contributed by atoms with van der Waals surface area (Å²) in [6.45, 7) is 1.71. The van der Waals surface area contributed by atoms with Crippen molar-refractivity contribution in [2.24, 2.45) is 23.9 Å². The Bertz CT molecular complexity index is 583. The fraction of sp³-hybridized carbons (Fsp3) is 0.600. The van der Waals surface area contributed by atoms with Gasteiger partial charge in [-0.2, -0.15) is 4.72 Å². The van der Waals surface area contributed by atoms with Crippen molar-refractivity contribution >= 4 is 15.9 Å². The highest BCUT2D eigenvalue weighted by Gasteiger charge is 2.37. The summed E-state index contributed by atoms with van der Waals surface area (Å²) in [7, 11) is -2.06. The summed E-state index contributed by atoms with van der Waals surface area (Å²) in [5.41, 5.74) is 5.53. The monoisotopic (exact) mass is 287 g/mol. The molecule has 1 aliphatic carbocycles. The van der Waals surface area contributed by atoms with Crippen molar-refractivity contribution in [2.45, 2.75) is 30.8 Å². The van der Waals surface area contributed by atoms with E-state index in [0.717, 1.165) is 12.8 Å². The lowest BCUT2D eigenvalue weighted by molar-refractivity contribution is 0.314. The van der Waals surface area contributed by atoms with E-state index in [9.17, 15) is 8.42 Å². The second-order valence-electron chi connectivity index (χ2n) is 4.70. The van der Waals surface area contributed by atoms with Crippen LogP contribution < -0.4 is 10.5 Å². The Balaban J connectivity index is 2.24. The van der Waals surface area contributed by atoms with E-state index in [4.69, 9.17) is 10.9 Å². The predicted octanol–water partition coefficient (Wildman–Crippen LogP) is -0.468. The number of nitrogens with one attached hydrogen (secondary N) is 1. The molecule has 4 N–H and O–H groups in total. The van der Waals surface area contributed by atoms with Crippen LogP contribution in [0.1, 0.15) is 18.7 Å². The van der Waals surface area contributed by atoms with E-state index in [1.165, 1.54) is 6.20 Å². The van der Waals surface area contributed by atoms with Crippen molar-refractivity contribution in [3.63, 3.8) is 0 Å². The summed E-state index contributed by atoms with van der Waals surface area (Å²) >= 11 is 0. The Hall–Kier alpha value is -1.61. The lowest BCUT2D eigenvalue weighted by Crippen LogP contribution is -2.46. The summed E-state index contributed by atoms with van der Waals surface area (Å²) in [6.07, 6.45) is 3.13. The van der Waals surface area contributed by atoms with Gasteiger partial charge in [-0.1, -0.05) is 5.16 Å². The molecule has 1 atom stereocenters. The third-order valence-corrected chi connectivity index (χ3v) is 4.48. The molecule has 0 aromatic carbocycles. The molecule has 8 nitrogen and oxygen atoms in total. The molecule has 1 saturated carbocycles.